The molecule has 6 heteroatoms. The van der Waals surface area contributed by atoms with Crippen molar-refractivity contribution in [2.75, 3.05) is 0 Å². The summed E-state index contributed by atoms with van der Waals surface area (Å²) in [6.45, 7) is 0.0485. The van der Waals surface area contributed by atoms with Crippen molar-refractivity contribution < 1.29 is 22.7 Å². The molecule has 1 N–H and O–H groups in total. The van der Waals surface area contributed by atoms with E-state index in [0.29, 0.717) is 0 Å². The Morgan fingerprint density at radius 1 is 1.26 bits per heavy atom. The molecule has 0 aliphatic carbocycles. The number of alkyl halides is 3. The zero-order chi connectivity index (χ0) is 13.9. The van der Waals surface area contributed by atoms with E-state index in [1.165, 1.54) is 0 Å². The maximum Gasteiger partial charge on any atom is 0.407 e. The number of benzene rings is 1. The summed E-state index contributed by atoms with van der Waals surface area (Å²) in [4.78, 5) is 10.9. The van der Waals surface area contributed by atoms with Gasteiger partial charge in [0.1, 0.15) is 12.1 Å². The van der Waals surface area contributed by atoms with Crippen molar-refractivity contribution in [3.8, 4) is 0 Å². The quantitative estimate of drug-likeness (QED) is 0.853. The van der Waals surface area contributed by atoms with Gasteiger partial charge >= 0.3 is 12.1 Å². The summed E-state index contributed by atoms with van der Waals surface area (Å²) in [7, 11) is 0. The minimum atomic E-state index is -4.49. The maximum absolute atomic E-state index is 12.9. The number of rotatable bonds is 4. The van der Waals surface area contributed by atoms with Crippen LogP contribution in [0.1, 0.15) is 5.56 Å². The molecule has 0 radical (unpaired) electrons. The van der Waals surface area contributed by atoms with Crippen LogP contribution in [0.4, 0.5) is 13.2 Å². The van der Waals surface area contributed by atoms with Gasteiger partial charge in [-0.1, -0.05) is 30.3 Å². The van der Waals surface area contributed by atoms with Crippen molar-refractivity contribution in [2.24, 2.45) is 0 Å². The summed E-state index contributed by atoms with van der Waals surface area (Å²) in [5.41, 5.74) is 0.727. The molecule has 0 spiro atoms. The first-order valence-corrected chi connectivity index (χ1v) is 5.69. The lowest BCUT2D eigenvalue weighted by molar-refractivity contribution is -0.180. The zero-order valence-electron chi connectivity index (χ0n) is 9.85. The van der Waals surface area contributed by atoms with E-state index in [4.69, 9.17) is 0 Å². The van der Waals surface area contributed by atoms with Crippen molar-refractivity contribution in [1.29, 1.82) is 0 Å². The highest BCUT2D eigenvalue weighted by Gasteiger charge is 2.46. The topological polar surface area (TPSA) is 38.3 Å². The second-order valence-electron chi connectivity index (χ2n) is 4.15. The molecule has 0 fully saturated rings. The minimum absolute atomic E-state index is 0.0485. The number of hydrogen-bond donors (Lipinski definition) is 1. The molecule has 1 aliphatic heterocycles. The molecule has 1 aromatic rings. The summed E-state index contributed by atoms with van der Waals surface area (Å²) in [6, 6.07) is 6.81. The average Bonchev–Trinajstić information content (AvgIpc) is 2.75. The molecule has 0 saturated carbocycles. The Balaban J connectivity index is 2.03. The van der Waals surface area contributed by atoms with Crippen LogP contribution in [0.3, 0.4) is 0 Å². The van der Waals surface area contributed by atoms with Crippen molar-refractivity contribution in [3.63, 3.8) is 0 Å². The summed E-state index contributed by atoms with van der Waals surface area (Å²) >= 11 is 0. The van der Waals surface area contributed by atoms with Crippen molar-refractivity contribution in [1.82, 2.24) is 5.32 Å². The molecule has 2 atom stereocenters. The molecule has 0 amide bonds. The first-order chi connectivity index (χ1) is 8.97. The lowest BCUT2D eigenvalue weighted by Crippen LogP contribution is -2.50. The molecule has 0 saturated heterocycles. The van der Waals surface area contributed by atoms with E-state index in [1.807, 2.05) is 0 Å². The highest BCUT2D eigenvalue weighted by molar-refractivity contribution is 5.84. The predicted octanol–water partition coefficient (Wildman–Crippen LogP) is 2.19. The Bertz CT molecular complexity index is 471. The Morgan fingerprint density at radius 3 is 2.47 bits per heavy atom. The normalized spacial score (nSPS) is 20.4. The van der Waals surface area contributed by atoms with Crippen LogP contribution in [-0.2, 0) is 16.1 Å². The smallest absolute Gasteiger partial charge is 0.407 e. The minimum Gasteiger partial charge on any atom is -0.453 e. The van der Waals surface area contributed by atoms with Gasteiger partial charge in [0.2, 0.25) is 0 Å². The van der Waals surface area contributed by atoms with Crippen molar-refractivity contribution >= 4 is 5.97 Å². The van der Waals surface area contributed by atoms with E-state index in [2.05, 4.69) is 10.1 Å². The van der Waals surface area contributed by atoms with E-state index < -0.39 is 24.3 Å². The Morgan fingerprint density at radius 2 is 1.95 bits per heavy atom. The van der Waals surface area contributed by atoms with Gasteiger partial charge in [-0.3, -0.25) is 5.32 Å². The lowest BCUT2D eigenvalue weighted by Gasteiger charge is -2.25. The van der Waals surface area contributed by atoms with E-state index in [-0.39, 0.29) is 6.54 Å². The SMILES string of the molecule is O=C1C=C[C@@H]([C@H](NCc2ccccc2)C(F)(F)F)O1. The number of carbonyl (C=O) groups excluding carboxylic acids is 1. The molecule has 0 bridgehead atoms. The third kappa shape index (κ3) is 3.57. The highest BCUT2D eigenvalue weighted by Crippen LogP contribution is 2.26. The second-order valence-corrected chi connectivity index (χ2v) is 4.15. The Kier molecular flexibility index (Phi) is 3.90. The average molecular weight is 271 g/mol. The molecule has 0 unspecified atom stereocenters. The summed E-state index contributed by atoms with van der Waals surface area (Å²) in [6.07, 6.45) is -3.67. The number of esters is 1. The largest absolute Gasteiger partial charge is 0.453 e. The van der Waals surface area contributed by atoms with Crippen molar-refractivity contribution in [2.45, 2.75) is 24.9 Å². The van der Waals surface area contributed by atoms with Gasteiger partial charge in [0.25, 0.3) is 0 Å². The van der Waals surface area contributed by atoms with Gasteiger partial charge in [0.05, 0.1) is 0 Å². The van der Waals surface area contributed by atoms with Crippen molar-refractivity contribution in [3.05, 3.63) is 48.0 Å². The first kappa shape index (κ1) is 13.6. The van der Waals surface area contributed by atoms with Crippen LogP contribution in [0.15, 0.2) is 42.5 Å². The number of halogens is 3. The fourth-order valence-electron chi connectivity index (χ4n) is 1.81. The van der Waals surface area contributed by atoms with Gasteiger partial charge < -0.3 is 4.74 Å². The Labute approximate surface area is 108 Å². The highest BCUT2D eigenvalue weighted by atomic mass is 19.4. The molecule has 0 aromatic heterocycles. The van der Waals surface area contributed by atoms with Crippen LogP contribution in [0.5, 0.6) is 0 Å². The standard InChI is InChI=1S/C13H12F3NO2/c14-13(15,16)12(10-6-7-11(18)19-10)17-8-9-4-2-1-3-5-9/h1-7,10,12,17H,8H2/t10-,12-/m0/s1. The first-order valence-electron chi connectivity index (χ1n) is 5.69. The maximum atomic E-state index is 12.9. The zero-order valence-corrected chi connectivity index (χ0v) is 9.85. The summed E-state index contributed by atoms with van der Waals surface area (Å²) in [5, 5.41) is 2.38. The Hall–Kier alpha value is -1.82. The molecule has 102 valence electrons. The molecule has 19 heavy (non-hydrogen) atoms. The van der Waals surface area contributed by atoms with Crippen LogP contribution in [0, 0.1) is 0 Å². The number of carbonyl (C=O) groups is 1. The van der Waals surface area contributed by atoms with Crippen LogP contribution in [-0.4, -0.2) is 24.3 Å². The molecular formula is C13H12F3NO2. The van der Waals surface area contributed by atoms with E-state index >= 15 is 0 Å². The predicted molar refractivity (Wildman–Crippen MR) is 62.1 cm³/mol. The lowest BCUT2D eigenvalue weighted by atomic mass is 10.1. The number of hydrogen-bond acceptors (Lipinski definition) is 3. The van der Waals surface area contributed by atoms with E-state index in [0.717, 1.165) is 17.7 Å². The number of cyclic esters (lactones) is 1. The van der Waals surface area contributed by atoms with Gasteiger partial charge in [-0.25, -0.2) is 4.79 Å². The van der Waals surface area contributed by atoms with Gasteiger partial charge in [0, 0.05) is 12.6 Å². The van der Waals surface area contributed by atoms with Gasteiger partial charge in [0.15, 0.2) is 0 Å². The third-order valence-electron chi connectivity index (χ3n) is 2.72. The summed E-state index contributed by atoms with van der Waals surface area (Å²) < 4.78 is 43.3. The van der Waals surface area contributed by atoms with Crippen LogP contribution >= 0.6 is 0 Å². The van der Waals surface area contributed by atoms with Gasteiger partial charge in [-0.15, -0.1) is 0 Å². The second kappa shape index (κ2) is 5.44. The van der Waals surface area contributed by atoms with E-state index in [1.54, 1.807) is 30.3 Å². The third-order valence-corrected chi connectivity index (χ3v) is 2.72. The summed E-state index contributed by atoms with van der Waals surface area (Å²) in [5.74, 6) is -0.749. The number of nitrogens with one attached hydrogen (secondary N) is 1. The fourth-order valence-corrected chi connectivity index (χ4v) is 1.81. The molecule has 2 rings (SSSR count). The molecule has 1 aliphatic rings. The molecule has 1 heterocycles. The molecule has 3 nitrogen and oxygen atoms in total. The van der Waals surface area contributed by atoms with Gasteiger partial charge in [-0.05, 0) is 11.6 Å². The van der Waals surface area contributed by atoms with Crippen LogP contribution < -0.4 is 5.32 Å². The van der Waals surface area contributed by atoms with Crippen LogP contribution in [0.2, 0.25) is 0 Å². The molecule has 1 aromatic carbocycles. The van der Waals surface area contributed by atoms with E-state index in [9.17, 15) is 18.0 Å². The fraction of sp³-hybridized carbons (Fsp3) is 0.308. The number of ether oxygens (including phenoxy) is 1. The molecular weight excluding hydrogens is 259 g/mol. The van der Waals surface area contributed by atoms with Crippen LogP contribution in [0.25, 0.3) is 0 Å². The monoisotopic (exact) mass is 271 g/mol. The van der Waals surface area contributed by atoms with Gasteiger partial charge in [-0.2, -0.15) is 13.2 Å².